The topological polar surface area (TPSA) is 19.7 Å². The van der Waals surface area contributed by atoms with Crippen LogP contribution in [-0.2, 0) is 16.2 Å². The van der Waals surface area contributed by atoms with E-state index in [2.05, 4.69) is 193 Å². The zero-order chi connectivity index (χ0) is 78.1. The first-order valence-electron chi connectivity index (χ1n) is 40.6. The van der Waals surface area contributed by atoms with Gasteiger partial charge in [-0.2, -0.15) is 0 Å². The van der Waals surface area contributed by atoms with Crippen molar-refractivity contribution >= 4 is 153 Å². The molecular weight excluding hydrogens is 1150 g/mol. The van der Waals surface area contributed by atoms with Gasteiger partial charge in [0.1, 0.15) is 0 Å². The standard InChI is InChI=1S/C90H71BN4/c1-88(2,3)54-42-46-77-69(50-54)61-30-12-10-26-57(61)59-28-14-16-36-67(59)83-79(92-73-38-22-18-32-63(73)64-33-19-23-39-74(64)92)48-44-71-86(83)94(77)81-52-56(90(7,8)9)53-82-85(81)91(71)72-45-49-80(93-75-40-24-20-34-65(75)66-35-21-25-41-76(66)93)84-68-37-17-15-29-60(68)58-27-11-13-31-62(58)70-51-55(89(4,5)6)43-47-78(70)95(82)87(72)84/h10-53H,1-9H3/i18D,19D,20D,21D,22D,23D,24D,25D,32D,33D,34D,35D,38D,39D,40D,41D. The highest BCUT2D eigenvalue weighted by molar-refractivity contribution is 7.00. The van der Waals surface area contributed by atoms with Crippen LogP contribution in [-0.4, -0.2) is 25.0 Å². The fourth-order valence-electron chi connectivity index (χ4n) is 15.9. The van der Waals surface area contributed by atoms with E-state index >= 15 is 0 Å². The number of fused-ring (bicyclic) bond motifs is 24. The number of hydrogen-bond donors (Lipinski definition) is 0. The van der Waals surface area contributed by atoms with Gasteiger partial charge in [-0.25, -0.2) is 0 Å². The van der Waals surface area contributed by atoms with Crippen LogP contribution in [0.2, 0.25) is 0 Å². The van der Waals surface area contributed by atoms with Gasteiger partial charge in [0.2, 0.25) is 0 Å². The molecule has 19 rings (SSSR count). The van der Waals surface area contributed by atoms with E-state index in [1.807, 2.05) is 48.5 Å². The van der Waals surface area contributed by atoms with E-state index in [1.54, 1.807) is 9.13 Å². The quantitative estimate of drug-likeness (QED) is 0.154. The average Bonchev–Trinajstić information content (AvgIpc) is 1.45. The molecule has 0 aliphatic carbocycles. The summed E-state index contributed by atoms with van der Waals surface area (Å²) in [5.74, 6) is 0. The molecule has 4 aromatic heterocycles. The SMILES string of the molecule is [2H]c1c([2H])c([2H])c2c(c1[2H])c1c([2H])c([2H])c([2H])c([2H])c1n2-c1ccc2c3c1c1ccccc1c1ccccc1c1cc(C(C)(C)C)ccc1n3-c1cc(C(C)(C)C)cc3c1B2c1ccc(-n2c4c([2H])c([2H])c([2H])c([2H])c4c4c([2H])c([2H])c([2H])c([2H])c42)c2c4ccccc4c4ccccc4c4cc(C(C)(C)C)ccc4n-3c12. The van der Waals surface area contributed by atoms with Gasteiger partial charge in [-0.15, -0.1) is 0 Å². The van der Waals surface area contributed by atoms with E-state index in [-0.39, 0.29) is 54.4 Å². The molecule has 0 fully saturated rings. The average molecular weight is 1240 g/mol. The van der Waals surface area contributed by atoms with Gasteiger partial charge >= 0.3 is 0 Å². The molecule has 5 heteroatoms. The number of hydrogen-bond acceptors (Lipinski definition) is 0. The van der Waals surface area contributed by atoms with Gasteiger partial charge in [0.15, 0.2) is 0 Å². The Labute approximate surface area is 575 Å². The predicted octanol–water partition coefficient (Wildman–Crippen LogP) is 22.0. The first-order valence-corrected chi connectivity index (χ1v) is 32.6. The van der Waals surface area contributed by atoms with Crippen LogP contribution in [0.3, 0.4) is 0 Å². The van der Waals surface area contributed by atoms with Crippen LogP contribution in [0.1, 0.15) is 101 Å². The molecule has 0 saturated heterocycles. The molecule has 2 aliphatic rings. The van der Waals surface area contributed by atoms with E-state index in [0.29, 0.717) is 44.0 Å². The van der Waals surface area contributed by atoms with Crippen LogP contribution in [0, 0.1) is 0 Å². The summed E-state index contributed by atoms with van der Waals surface area (Å²) in [5, 5.41) is 9.34. The summed E-state index contributed by atoms with van der Waals surface area (Å²) in [7, 11) is 0. The highest BCUT2D eigenvalue weighted by Gasteiger charge is 2.42. The second-order valence-electron chi connectivity index (χ2n) is 28.8. The summed E-state index contributed by atoms with van der Waals surface area (Å²) in [6.45, 7) is 19.0. The van der Waals surface area contributed by atoms with E-state index in [1.165, 1.54) is 0 Å². The Morgan fingerprint density at radius 3 is 0.905 bits per heavy atom. The first kappa shape index (κ1) is 41.7. The van der Waals surface area contributed by atoms with Gasteiger partial charge < -0.3 is 18.3 Å². The van der Waals surface area contributed by atoms with Gasteiger partial charge in [-0.3, -0.25) is 0 Å². The molecule has 2 aliphatic heterocycles. The van der Waals surface area contributed by atoms with Crippen molar-refractivity contribution in [1.29, 1.82) is 0 Å². The van der Waals surface area contributed by atoms with E-state index in [9.17, 15) is 21.9 Å². The molecule has 0 N–H and O–H groups in total. The van der Waals surface area contributed by atoms with Crippen LogP contribution in [0.5, 0.6) is 0 Å². The highest BCUT2D eigenvalue weighted by atomic mass is 15.0. The van der Waals surface area contributed by atoms with Crippen molar-refractivity contribution in [2.24, 2.45) is 0 Å². The monoisotopic (exact) mass is 1230 g/mol. The third-order valence-electron chi connectivity index (χ3n) is 20.4. The molecule has 0 atom stereocenters. The largest absolute Gasteiger partial charge is 0.310 e. The maximum Gasteiger partial charge on any atom is 0.252 e. The number of aromatic nitrogens is 4. The van der Waals surface area contributed by atoms with Crippen LogP contribution < -0.4 is 16.4 Å². The minimum absolute atomic E-state index is 0.0405. The molecule has 0 bridgehead atoms. The normalized spacial score (nSPS) is 15.4. The summed E-state index contributed by atoms with van der Waals surface area (Å²) in [6.07, 6.45) is 0. The van der Waals surface area contributed by atoms with Crippen molar-refractivity contribution in [2.45, 2.75) is 78.6 Å². The second kappa shape index (κ2) is 19.8. The van der Waals surface area contributed by atoms with Crippen LogP contribution in [0.15, 0.2) is 267 Å². The van der Waals surface area contributed by atoms with Crippen molar-refractivity contribution in [1.82, 2.24) is 18.3 Å². The fourth-order valence-corrected chi connectivity index (χ4v) is 15.9. The van der Waals surface area contributed by atoms with Crippen molar-refractivity contribution in [3.8, 4) is 22.7 Å². The molecule has 6 heterocycles. The summed E-state index contributed by atoms with van der Waals surface area (Å²) < 4.78 is 162. The molecule has 4 nitrogen and oxygen atoms in total. The number of benzene rings is 13. The molecule has 17 aromatic rings. The minimum Gasteiger partial charge on any atom is -0.310 e. The van der Waals surface area contributed by atoms with Gasteiger partial charge in [-0.1, -0.05) is 256 Å². The van der Waals surface area contributed by atoms with E-state index < -0.39 is 109 Å². The highest BCUT2D eigenvalue weighted by Crippen LogP contribution is 2.47. The molecule has 13 aromatic carbocycles. The second-order valence-corrected chi connectivity index (χ2v) is 28.8. The molecular formula is C90H71BN4. The third-order valence-corrected chi connectivity index (χ3v) is 20.4. The first-order chi connectivity index (χ1) is 52.7. The molecule has 454 valence electrons. The van der Waals surface area contributed by atoms with Gasteiger partial charge in [0, 0.05) is 54.5 Å². The molecule has 95 heavy (non-hydrogen) atoms. The zero-order valence-corrected chi connectivity index (χ0v) is 54.0. The Morgan fingerprint density at radius 1 is 0.263 bits per heavy atom. The molecule has 0 saturated carbocycles. The summed E-state index contributed by atoms with van der Waals surface area (Å²) in [4.78, 5) is 0. The Kier molecular flexibility index (Phi) is 8.70. The van der Waals surface area contributed by atoms with Crippen LogP contribution in [0.25, 0.3) is 153 Å². The van der Waals surface area contributed by atoms with Crippen molar-refractivity contribution in [3.05, 3.63) is 283 Å². The molecule has 0 amide bonds. The van der Waals surface area contributed by atoms with Crippen LogP contribution in [0.4, 0.5) is 0 Å². The fraction of sp³-hybridized carbons (Fsp3) is 0.133. The van der Waals surface area contributed by atoms with Gasteiger partial charge in [0.25, 0.3) is 6.71 Å². The molecule has 0 radical (unpaired) electrons. The van der Waals surface area contributed by atoms with Crippen molar-refractivity contribution in [3.63, 3.8) is 0 Å². The Balaban J connectivity index is 1.16. The number of para-hydroxylation sites is 4. The van der Waals surface area contributed by atoms with Gasteiger partial charge in [0.05, 0.1) is 77.4 Å². The Hall–Kier alpha value is -10.9. The lowest BCUT2D eigenvalue weighted by Crippen LogP contribution is -2.60. The van der Waals surface area contributed by atoms with E-state index in [0.717, 1.165) is 98.6 Å². The lowest BCUT2D eigenvalue weighted by molar-refractivity contribution is 0.589. The summed E-state index contributed by atoms with van der Waals surface area (Å²) in [5.41, 5.74) is 9.27. The number of nitrogens with zero attached hydrogens (tertiary/aromatic N) is 4. The summed E-state index contributed by atoms with van der Waals surface area (Å²) in [6, 6.07) is 51.0. The predicted molar refractivity (Wildman–Crippen MR) is 410 cm³/mol. The van der Waals surface area contributed by atoms with Crippen molar-refractivity contribution < 1.29 is 21.9 Å². The van der Waals surface area contributed by atoms with Crippen molar-refractivity contribution in [2.75, 3.05) is 0 Å². The Bertz CT molecular complexity index is 6840. The molecule has 0 spiro atoms. The van der Waals surface area contributed by atoms with Gasteiger partial charge in [-0.05, 0) is 165 Å². The lowest BCUT2D eigenvalue weighted by atomic mass is 9.34. The Morgan fingerprint density at radius 2 is 0.568 bits per heavy atom. The van der Waals surface area contributed by atoms with E-state index in [4.69, 9.17) is 0 Å². The molecule has 0 unspecified atom stereocenters. The smallest absolute Gasteiger partial charge is 0.252 e. The minimum atomic E-state index is -0.775. The summed E-state index contributed by atoms with van der Waals surface area (Å²) >= 11 is 0. The third kappa shape index (κ3) is 7.90. The number of rotatable bonds is 2. The van der Waals surface area contributed by atoms with Crippen LogP contribution >= 0.6 is 0 Å². The lowest BCUT2D eigenvalue weighted by Gasteiger charge is -2.38. The maximum absolute atomic E-state index is 10.1. The zero-order valence-electron chi connectivity index (χ0n) is 70.0. The maximum atomic E-state index is 10.1.